The summed E-state index contributed by atoms with van der Waals surface area (Å²) in [6.07, 6.45) is 1.77. The van der Waals surface area contributed by atoms with Crippen LogP contribution in [0.25, 0.3) is 11.6 Å². The van der Waals surface area contributed by atoms with Crippen molar-refractivity contribution in [1.29, 1.82) is 0 Å². The largest absolute Gasteiger partial charge is 0.497 e. The lowest BCUT2D eigenvalue weighted by Gasteiger charge is -2.13. The molecule has 30 heavy (non-hydrogen) atoms. The van der Waals surface area contributed by atoms with Crippen molar-refractivity contribution in [1.82, 2.24) is 0 Å². The zero-order valence-corrected chi connectivity index (χ0v) is 16.5. The van der Waals surface area contributed by atoms with Crippen LogP contribution in [0.5, 0.6) is 11.5 Å². The highest BCUT2D eigenvalue weighted by Gasteiger charge is 2.17. The summed E-state index contributed by atoms with van der Waals surface area (Å²) in [7, 11) is 2.98. The summed E-state index contributed by atoms with van der Waals surface area (Å²) < 4.78 is 10.4. The number of carbonyl (C=O) groups excluding carboxylic acids is 1. The lowest BCUT2D eigenvalue weighted by Crippen LogP contribution is -2.14. The van der Waals surface area contributed by atoms with Crippen molar-refractivity contribution < 1.29 is 19.2 Å². The van der Waals surface area contributed by atoms with E-state index in [9.17, 15) is 14.9 Å². The molecule has 152 valence electrons. The average Bonchev–Trinajstić information content (AvgIpc) is 2.78. The Bertz CT molecular complexity index is 1080. The average molecular weight is 404 g/mol. The summed E-state index contributed by atoms with van der Waals surface area (Å²) in [5.74, 6) is 0.548. The summed E-state index contributed by atoms with van der Waals surface area (Å²) in [6.45, 7) is 0. The Hall–Kier alpha value is -4.13. The second-order valence-corrected chi connectivity index (χ2v) is 6.29. The topological polar surface area (TPSA) is 90.7 Å². The Kier molecular flexibility index (Phi) is 6.44. The van der Waals surface area contributed by atoms with Crippen molar-refractivity contribution in [2.75, 3.05) is 19.5 Å². The minimum absolute atomic E-state index is 0.123. The predicted molar refractivity (Wildman–Crippen MR) is 116 cm³/mol. The van der Waals surface area contributed by atoms with Gasteiger partial charge >= 0.3 is 0 Å². The standard InChI is InChI=1S/C23H20N2O5/c1-29-19-11-8-16(9-12-19)14-20(17-6-4-3-5-7-17)23(26)24-21-13-10-18(25(27)28)15-22(21)30-2/h3-15H,1-2H3,(H,24,26)/b20-14+. The fourth-order valence-electron chi connectivity index (χ4n) is 2.85. The summed E-state index contributed by atoms with van der Waals surface area (Å²) in [6, 6.07) is 20.6. The molecule has 0 radical (unpaired) electrons. The van der Waals surface area contributed by atoms with E-state index in [0.29, 0.717) is 17.0 Å². The Morgan fingerprint density at radius 1 is 0.967 bits per heavy atom. The highest BCUT2D eigenvalue weighted by molar-refractivity contribution is 6.29. The van der Waals surface area contributed by atoms with Crippen LogP contribution in [-0.4, -0.2) is 25.1 Å². The van der Waals surface area contributed by atoms with Crippen LogP contribution in [0.1, 0.15) is 11.1 Å². The van der Waals surface area contributed by atoms with Crippen LogP contribution in [0.3, 0.4) is 0 Å². The molecule has 1 amide bonds. The number of benzene rings is 3. The van der Waals surface area contributed by atoms with E-state index in [4.69, 9.17) is 9.47 Å². The zero-order valence-electron chi connectivity index (χ0n) is 16.5. The Morgan fingerprint density at radius 3 is 2.27 bits per heavy atom. The maximum atomic E-state index is 13.1. The number of hydrogen-bond acceptors (Lipinski definition) is 5. The molecule has 7 nitrogen and oxygen atoms in total. The molecule has 3 aromatic rings. The van der Waals surface area contributed by atoms with E-state index in [1.165, 1.54) is 25.3 Å². The predicted octanol–water partition coefficient (Wildman–Crippen LogP) is 4.79. The molecule has 0 aromatic heterocycles. The normalized spacial score (nSPS) is 10.9. The quantitative estimate of drug-likeness (QED) is 0.265. The van der Waals surface area contributed by atoms with Crippen LogP contribution < -0.4 is 14.8 Å². The number of nitrogens with zero attached hydrogens (tertiary/aromatic N) is 1. The number of hydrogen-bond donors (Lipinski definition) is 1. The van der Waals surface area contributed by atoms with E-state index in [0.717, 1.165) is 11.1 Å². The first kappa shape index (κ1) is 20.6. The first-order valence-corrected chi connectivity index (χ1v) is 9.07. The van der Waals surface area contributed by atoms with Gasteiger partial charge in [-0.05, 0) is 35.4 Å². The number of amides is 1. The number of nitro benzene ring substituents is 1. The minimum Gasteiger partial charge on any atom is -0.497 e. The third kappa shape index (κ3) is 4.82. The lowest BCUT2D eigenvalue weighted by molar-refractivity contribution is -0.384. The van der Waals surface area contributed by atoms with Crippen LogP contribution in [0.4, 0.5) is 11.4 Å². The van der Waals surface area contributed by atoms with Crippen molar-refractivity contribution in [3.8, 4) is 11.5 Å². The molecule has 0 bridgehead atoms. The zero-order chi connectivity index (χ0) is 21.5. The molecule has 0 aliphatic heterocycles. The molecule has 0 aliphatic rings. The Labute approximate surface area is 173 Å². The van der Waals surface area contributed by atoms with E-state index in [2.05, 4.69) is 5.32 Å². The number of non-ortho nitro benzene ring substituents is 1. The molecule has 3 aromatic carbocycles. The second kappa shape index (κ2) is 9.38. The van der Waals surface area contributed by atoms with Gasteiger partial charge in [0.1, 0.15) is 11.5 Å². The van der Waals surface area contributed by atoms with Crippen molar-refractivity contribution in [3.63, 3.8) is 0 Å². The number of ether oxygens (including phenoxy) is 2. The van der Waals surface area contributed by atoms with E-state index in [1.54, 1.807) is 13.2 Å². The van der Waals surface area contributed by atoms with Crippen molar-refractivity contribution in [2.24, 2.45) is 0 Å². The smallest absolute Gasteiger partial charge is 0.273 e. The maximum absolute atomic E-state index is 13.1. The third-order valence-corrected chi connectivity index (χ3v) is 4.40. The van der Waals surface area contributed by atoms with Gasteiger partial charge in [0, 0.05) is 11.6 Å². The van der Waals surface area contributed by atoms with Gasteiger partial charge in [0.15, 0.2) is 0 Å². The van der Waals surface area contributed by atoms with E-state index in [-0.39, 0.29) is 17.3 Å². The van der Waals surface area contributed by atoms with Crippen molar-refractivity contribution in [3.05, 3.63) is 94.0 Å². The van der Waals surface area contributed by atoms with Gasteiger partial charge in [-0.15, -0.1) is 0 Å². The number of anilines is 1. The highest BCUT2D eigenvalue weighted by atomic mass is 16.6. The lowest BCUT2D eigenvalue weighted by atomic mass is 10.0. The van der Waals surface area contributed by atoms with Gasteiger partial charge in [-0.25, -0.2) is 0 Å². The molecule has 3 rings (SSSR count). The van der Waals surface area contributed by atoms with E-state index < -0.39 is 4.92 Å². The van der Waals surface area contributed by atoms with Crippen LogP contribution in [0.15, 0.2) is 72.8 Å². The van der Waals surface area contributed by atoms with Gasteiger partial charge in [-0.2, -0.15) is 0 Å². The molecule has 0 spiro atoms. The first-order chi connectivity index (χ1) is 14.5. The number of rotatable bonds is 7. The number of carbonyl (C=O) groups is 1. The number of nitro groups is 1. The molecule has 0 aliphatic carbocycles. The van der Waals surface area contributed by atoms with Crippen LogP contribution in [0, 0.1) is 10.1 Å². The maximum Gasteiger partial charge on any atom is 0.273 e. The highest BCUT2D eigenvalue weighted by Crippen LogP contribution is 2.30. The minimum atomic E-state index is -0.521. The Morgan fingerprint density at radius 2 is 1.67 bits per heavy atom. The number of methoxy groups -OCH3 is 2. The van der Waals surface area contributed by atoms with Crippen molar-refractivity contribution >= 4 is 28.9 Å². The monoisotopic (exact) mass is 404 g/mol. The van der Waals surface area contributed by atoms with Crippen LogP contribution >= 0.6 is 0 Å². The fourth-order valence-corrected chi connectivity index (χ4v) is 2.85. The van der Waals surface area contributed by atoms with Gasteiger partial charge in [-0.1, -0.05) is 42.5 Å². The molecule has 0 saturated carbocycles. The van der Waals surface area contributed by atoms with Crippen LogP contribution in [0.2, 0.25) is 0 Å². The molecule has 0 heterocycles. The summed E-state index contributed by atoms with van der Waals surface area (Å²) in [4.78, 5) is 23.6. The molecule has 0 fully saturated rings. The van der Waals surface area contributed by atoms with Crippen molar-refractivity contribution in [2.45, 2.75) is 0 Å². The van der Waals surface area contributed by atoms with Gasteiger partial charge in [0.25, 0.3) is 11.6 Å². The molecular weight excluding hydrogens is 384 g/mol. The first-order valence-electron chi connectivity index (χ1n) is 9.07. The van der Waals surface area contributed by atoms with Gasteiger partial charge in [0.2, 0.25) is 0 Å². The summed E-state index contributed by atoms with van der Waals surface area (Å²) >= 11 is 0. The molecule has 0 unspecified atom stereocenters. The van der Waals surface area contributed by atoms with E-state index >= 15 is 0 Å². The number of nitrogens with one attached hydrogen (secondary N) is 1. The molecule has 0 atom stereocenters. The summed E-state index contributed by atoms with van der Waals surface area (Å²) in [5.41, 5.74) is 2.19. The van der Waals surface area contributed by atoms with Gasteiger partial charge in [0.05, 0.1) is 30.9 Å². The molecule has 0 saturated heterocycles. The molecular formula is C23H20N2O5. The summed E-state index contributed by atoms with van der Waals surface area (Å²) in [5, 5.41) is 13.8. The fraction of sp³-hybridized carbons (Fsp3) is 0.0870. The van der Waals surface area contributed by atoms with Gasteiger partial charge in [-0.3, -0.25) is 14.9 Å². The molecule has 1 N–H and O–H groups in total. The molecule has 7 heteroatoms. The van der Waals surface area contributed by atoms with E-state index in [1.807, 2.05) is 54.6 Å². The van der Waals surface area contributed by atoms with Crippen LogP contribution in [-0.2, 0) is 4.79 Å². The second-order valence-electron chi connectivity index (χ2n) is 6.29. The Balaban J connectivity index is 1.97. The van der Waals surface area contributed by atoms with Gasteiger partial charge < -0.3 is 14.8 Å². The third-order valence-electron chi connectivity index (χ3n) is 4.40. The SMILES string of the molecule is COc1ccc(/C=C(/C(=O)Nc2ccc([N+](=O)[O-])cc2OC)c2ccccc2)cc1.